The van der Waals surface area contributed by atoms with E-state index in [1.54, 1.807) is 6.92 Å². The maximum atomic E-state index is 11.1. The highest BCUT2D eigenvalue weighted by molar-refractivity contribution is 5.76. The van der Waals surface area contributed by atoms with Crippen LogP contribution in [0, 0.1) is 0 Å². The van der Waals surface area contributed by atoms with Crippen molar-refractivity contribution in [3.8, 4) is 0 Å². The van der Waals surface area contributed by atoms with Crippen molar-refractivity contribution in [2.24, 2.45) is 0 Å². The zero-order valence-electron chi connectivity index (χ0n) is 7.20. The summed E-state index contributed by atoms with van der Waals surface area (Å²) >= 11 is 0. The lowest BCUT2D eigenvalue weighted by atomic mass is 10.1. The zero-order valence-corrected chi connectivity index (χ0v) is 7.20. The Morgan fingerprint density at radius 1 is 1.67 bits per heavy atom. The highest BCUT2D eigenvalue weighted by Gasteiger charge is 2.53. The molecular weight excluding hydrogens is 160 g/mol. The summed E-state index contributed by atoms with van der Waals surface area (Å²) < 4.78 is 16.0. The average molecular weight is 172 g/mol. The van der Waals surface area contributed by atoms with E-state index >= 15 is 0 Å². The summed E-state index contributed by atoms with van der Waals surface area (Å²) in [6.45, 7) is 4.08. The molecular formula is C8H12O4. The number of hydrogen-bond acceptors (Lipinski definition) is 4. The van der Waals surface area contributed by atoms with E-state index in [0.717, 1.165) is 0 Å². The van der Waals surface area contributed by atoms with Gasteiger partial charge < -0.3 is 14.2 Å². The molecule has 2 bridgehead atoms. The molecule has 4 heteroatoms. The molecule has 4 nitrogen and oxygen atoms in total. The van der Waals surface area contributed by atoms with E-state index in [4.69, 9.17) is 14.2 Å². The third-order valence-electron chi connectivity index (χ3n) is 2.49. The monoisotopic (exact) mass is 172 g/mol. The van der Waals surface area contributed by atoms with E-state index in [-0.39, 0.29) is 12.1 Å². The molecule has 2 aliphatic heterocycles. The fraction of sp³-hybridized carbons (Fsp3) is 0.875. The molecule has 0 aliphatic carbocycles. The van der Waals surface area contributed by atoms with Gasteiger partial charge in [-0.1, -0.05) is 6.92 Å². The van der Waals surface area contributed by atoms with Gasteiger partial charge in [0, 0.05) is 6.42 Å². The molecule has 0 saturated carbocycles. The quantitative estimate of drug-likeness (QED) is 0.539. The second-order valence-electron chi connectivity index (χ2n) is 3.16. The molecule has 0 N–H and O–H groups in total. The lowest BCUT2D eigenvalue weighted by Gasteiger charge is -2.35. The molecule has 0 aromatic rings. The van der Waals surface area contributed by atoms with Crippen LogP contribution >= 0.6 is 0 Å². The van der Waals surface area contributed by atoms with Gasteiger partial charge in [0.15, 0.2) is 12.2 Å². The Bertz CT molecular complexity index is 215. The first-order chi connectivity index (χ1) is 5.68. The van der Waals surface area contributed by atoms with E-state index < -0.39 is 11.9 Å². The van der Waals surface area contributed by atoms with Gasteiger partial charge >= 0.3 is 5.97 Å². The summed E-state index contributed by atoms with van der Waals surface area (Å²) in [5.41, 5.74) is 0. The molecule has 2 rings (SSSR count). The number of rotatable bonds is 1. The normalized spacial score (nSPS) is 46.0. The van der Waals surface area contributed by atoms with Crippen LogP contribution in [-0.4, -0.2) is 30.6 Å². The Balaban J connectivity index is 2.24. The van der Waals surface area contributed by atoms with Crippen LogP contribution < -0.4 is 0 Å². The number of hydrogen-bond donors (Lipinski definition) is 0. The number of carbonyl (C=O) groups excluding carboxylic acids is 1. The number of ether oxygens (including phenoxy) is 3. The molecule has 0 radical (unpaired) electrons. The second-order valence-corrected chi connectivity index (χ2v) is 3.16. The predicted molar refractivity (Wildman–Crippen MR) is 39.4 cm³/mol. The number of carbonyl (C=O) groups is 1. The summed E-state index contributed by atoms with van der Waals surface area (Å²) in [5, 5.41) is 0. The Hall–Kier alpha value is -0.610. The van der Waals surface area contributed by atoms with Crippen molar-refractivity contribution in [1.82, 2.24) is 0 Å². The zero-order chi connectivity index (χ0) is 8.77. The van der Waals surface area contributed by atoms with Crippen LogP contribution in [0.5, 0.6) is 0 Å². The van der Waals surface area contributed by atoms with Crippen molar-refractivity contribution in [3.63, 3.8) is 0 Å². The molecule has 68 valence electrons. The Morgan fingerprint density at radius 3 is 3.08 bits per heavy atom. The smallest absolute Gasteiger partial charge is 0.338 e. The number of esters is 1. The first-order valence-corrected chi connectivity index (χ1v) is 4.20. The Labute approximate surface area is 70.8 Å². The van der Waals surface area contributed by atoms with Gasteiger partial charge in [-0.2, -0.15) is 0 Å². The molecule has 2 fully saturated rings. The highest BCUT2D eigenvalue weighted by atomic mass is 16.8. The summed E-state index contributed by atoms with van der Waals surface area (Å²) in [5.74, 6) is -0.970. The highest BCUT2D eigenvalue weighted by Crippen LogP contribution is 2.36. The third kappa shape index (κ3) is 0.881. The van der Waals surface area contributed by atoms with Gasteiger partial charge in [-0.15, -0.1) is 0 Å². The molecule has 3 atom stereocenters. The largest absolute Gasteiger partial charge is 0.455 e. The molecule has 0 unspecified atom stereocenters. The summed E-state index contributed by atoms with van der Waals surface area (Å²) in [6.07, 6.45) is -0.0901. The average Bonchev–Trinajstić information content (AvgIpc) is 2.44. The summed E-state index contributed by atoms with van der Waals surface area (Å²) in [6, 6.07) is 0. The van der Waals surface area contributed by atoms with Crippen LogP contribution in [0.1, 0.15) is 20.3 Å². The van der Waals surface area contributed by atoms with Crippen molar-refractivity contribution in [2.45, 2.75) is 38.3 Å². The van der Waals surface area contributed by atoms with Gasteiger partial charge in [0.2, 0.25) is 5.79 Å². The fourth-order valence-corrected chi connectivity index (χ4v) is 1.67. The molecule has 0 aromatic heterocycles. The molecule has 0 aromatic carbocycles. The lowest BCUT2D eigenvalue weighted by Crippen LogP contribution is -2.49. The van der Waals surface area contributed by atoms with Crippen molar-refractivity contribution < 1.29 is 19.0 Å². The van der Waals surface area contributed by atoms with Crippen molar-refractivity contribution in [2.75, 3.05) is 6.61 Å². The minimum absolute atomic E-state index is 0.297. The van der Waals surface area contributed by atoms with Crippen LogP contribution in [0.2, 0.25) is 0 Å². The lowest BCUT2D eigenvalue weighted by molar-refractivity contribution is -0.260. The van der Waals surface area contributed by atoms with Gasteiger partial charge in [0.1, 0.15) is 0 Å². The predicted octanol–water partition coefficient (Wildman–Crippen LogP) is 0.453. The fourth-order valence-electron chi connectivity index (χ4n) is 1.67. The number of cyclic esters (lactones) is 1. The van der Waals surface area contributed by atoms with Gasteiger partial charge in [0.05, 0.1) is 6.61 Å². The molecule has 2 saturated heterocycles. The molecule has 2 heterocycles. The van der Waals surface area contributed by atoms with E-state index in [2.05, 4.69) is 0 Å². The molecule has 0 amide bonds. The van der Waals surface area contributed by atoms with E-state index in [1.165, 1.54) is 0 Å². The Kier molecular flexibility index (Phi) is 1.63. The summed E-state index contributed by atoms with van der Waals surface area (Å²) in [7, 11) is 0. The van der Waals surface area contributed by atoms with E-state index in [9.17, 15) is 4.79 Å². The maximum Gasteiger partial charge on any atom is 0.338 e. The van der Waals surface area contributed by atoms with Crippen LogP contribution in [-0.2, 0) is 19.0 Å². The maximum absolute atomic E-state index is 11.1. The second kappa shape index (κ2) is 2.44. The van der Waals surface area contributed by atoms with Crippen molar-refractivity contribution in [1.29, 1.82) is 0 Å². The van der Waals surface area contributed by atoms with Crippen LogP contribution in [0.3, 0.4) is 0 Å². The van der Waals surface area contributed by atoms with Gasteiger partial charge in [-0.05, 0) is 6.92 Å². The Morgan fingerprint density at radius 2 is 2.42 bits per heavy atom. The first-order valence-electron chi connectivity index (χ1n) is 4.20. The van der Waals surface area contributed by atoms with Crippen molar-refractivity contribution >= 4 is 5.97 Å². The standard InChI is InChI=1S/C8H12O4/c1-3-8-5(2)11-7(9)6(12-8)4-10-8/h5-6H,3-4H2,1-2H3/t5-,6-,8-/m1/s1. The molecule has 12 heavy (non-hydrogen) atoms. The van der Waals surface area contributed by atoms with Gasteiger partial charge in [0.25, 0.3) is 0 Å². The molecule has 2 aliphatic rings. The topological polar surface area (TPSA) is 44.8 Å². The minimum atomic E-state index is -0.668. The van der Waals surface area contributed by atoms with Crippen LogP contribution in [0.4, 0.5) is 0 Å². The first kappa shape index (κ1) is 8.01. The van der Waals surface area contributed by atoms with E-state index in [1.807, 2.05) is 6.92 Å². The van der Waals surface area contributed by atoms with Gasteiger partial charge in [-0.3, -0.25) is 0 Å². The SMILES string of the molecule is CC[C@@]12OC[C@@H](O1)C(=O)O[C@@H]2C. The van der Waals surface area contributed by atoms with Crippen molar-refractivity contribution in [3.05, 3.63) is 0 Å². The number of fused-ring (bicyclic) bond motifs is 2. The molecule has 0 spiro atoms. The minimum Gasteiger partial charge on any atom is -0.455 e. The van der Waals surface area contributed by atoms with Crippen LogP contribution in [0.15, 0.2) is 0 Å². The third-order valence-corrected chi connectivity index (χ3v) is 2.49. The van der Waals surface area contributed by atoms with E-state index in [0.29, 0.717) is 13.0 Å². The summed E-state index contributed by atoms with van der Waals surface area (Å²) in [4.78, 5) is 11.1. The van der Waals surface area contributed by atoms with Crippen LogP contribution in [0.25, 0.3) is 0 Å². The van der Waals surface area contributed by atoms with Gasteiger partial charge in [-0.25, -0.2) is 4.79 Å².